The van der Waals surface area contributed by atoms with Crippen LogP contribution in [0.5, 0.6) is 5.75 Å². The van der Waals surface area contributed by atoms with Crippen LogP contribution < -0.4 is 10.5 Å². The number of aromatic nitrogens is 4. The Bertz CT molecular complexity index is 1340. The highest BCUT2D eigenvalue weighted by atomic mass is 19.3. The number of alkyl halides is 2. The van der Waals surface area contributed by atoms with Crippen LogP contribution in [-0.4, -0.2) is 31.5 Å². The number of hydrogen-bond acceptors (Lipinski definition) is 6. The highest BCUT2D eigenvalue weighted by molar-refractivity contribution is 5.94. The molecule has 3 aromatic heterocycles. The van der Waals surface area contributed by atoms with E-state index in [1.807, 2.05) is 18.2 Å². The van der Waals surface area contributed by atoms with Gasteiger partial charge in [0.2, 0.25) is 0 Å². The zero-order valence-electron chi connectivity index (χ0n) is 18.0. The summed E-state index contributed by atoms with van der Waals surface area (Å²) in [5, 5.41) is 13.9. The van der Waals surface area contributed by atoms with Gasteiger partial charge in [-0.1, -0.05) is 25.5 Å². The van der Waals surface area contributed by atoms with Crippen LogP contribution in [0.3, 0.4) is 0 Å². The van der Waals surface area contributed by atoms with Gasteiger partial charge < -0.3 is 15.6 Å². The summed E-state index contributed by atoms with van der Waals surface area (Å²) in [6, 6.07) is 13.9. The Morgan fingerprint density at radius 1 is 1.18 bits per heavy atom. The molecule has 0 saturated heterocycles. The maximum atomic E-state index is 14.7. The van der Waals surface area contributed by atoms with E-state index in [4.69, 9.17) is 15.5 Å². The molecule has 33 heavy (non-hydrogen) atoms. The molecule has 4 aromatic rings. The van der Waals surface area contributed by atoms with E-state index in [1.54, 1.807) is 30.3 Å². The number of nitrogens with two attached hydrogens (primary N) is 1. The number of nitrogens with zero attached hydrogens (tertiary/aromatic N) is 4. The third-order valence-electron chi connectivity index (χ3n) is 5.72. The van der Waals surface area contributed by atoms with Gasteiger partial charge in [0.25, 0.3) is 0 Å². The van der Waals surface area contributed by atoms with Crippen molar-refractivity contribution in [1.82, 2.24) is 19.7 Å². The first-order chi connectivity index (χ1) is 15.9. The zero-order chi connectivity index (χ0) is 23.2. The van der Waals surface area contributed by atoms with Gasteiger partial charge in [-0.05, 0) is 42.8 Å². The molecule has 0 fully saturated rings. The van der Waals surface area contributed by atoms with Crippen LogP contribution in [-0.2, 0) is 12.5 Å². The van der Waals surface area contributed by atoms with Crippen LogP contribution >= 0.6 is 0 Å². The third kappa shape index (κ3) is 3.73. The molecule has 1 atom stereocenters. The molecule has 170 valence electrons. The molecule has 0 aliphatic carbocycles. The summed E-state index contributed by atoms with van der Waals surface area (Å²) in [6.07, 6.45) is 1.75. The molecule has 5 rings (SSSR count). The van der Waals surface area contributed by atoms with E-state index < -0.39 is 12.5 Å². The molecule has 0 unspecified atom stereocenters. The number of aliphatic hydroxyl groups is 1. The quantitative estimate of drug-likeness (QED) is 0.455. The molecule has 3 N–H and O–H groups in total. The molecule has 0 amide bonds. The lowest BCUT2D eigenvalue weighted by Gasteiger charge is -2.22. The van der Waals surface area contributed by atoms with Crippen LogP contribution in [0.4, 0.5) is 8.78 Å². The van der Waals surface area contributed by atoms with E-state index in [9.17, 15) is 13.9 Å². The first-order valence-corrected chi connectivity index (χ1v) is 10.8. The summed E-state index contributed by atoms with van der Waals surface area (Å²) >= 11 is 0. The van der Waals surface area contributed by atoms with E-state index in [0.29, 0.717) is 34.0 Å². The van der Waals surface area contributed by atoms with Crippen LogP contribution in [0.25, 0.3) is 28.0 Å². The van der Waals surface area contributed by atoms with Gasteiger partial charge in [0, 0.05) is 11.6 Å². The first kappa shape index (κ1) is 21.4. The number of pyridine rings is 2. The minimum absolute atomic E-state index is 0.186. The minimum atomic E-state index is -3.24. The average molecular weight is 451 g/mol. The molecule has 1 aliphatic heterocycles. The Hall–Kier alpha value is -3.43. The Morgan fingerprint density at radius 3 is 2.79 bits per heavy atom. The molecule has 9 heteroatoms. The molecule has 7 nitrogen and oxygen atoms in total. The fourth-order valence-corrected chi connectivity index (χ4v) is 4.09. The van der Waals surface area contributed by atoms with Crippen LogP contribution in [0.1, 0.15) is 42.9 Å². The van der Waals surface area contributed by atoms with Crippen molar-refractivity contribution in [3.05, 3.63) is 65.6 Å². The lowest BCUT2D eigenvalue weighted by Crippen LogP contribution is -2.27. The lowest BCUT2D eigenvalue weighted by atomic mass is 10.0. The Labute approximate surface area is 188 Å². The molecule has 0 radical (unpaired) electrons. The van der Waals surface area contributed by atoms with Crippen molar-refractivity contribution < 1.29 is 18.6 Å². The second kappa shape index (κ2) is 8.17. The van der Waals surface area contributed by atoms with E-state index in [1.165, 1.54) is 4.68 Å². The van der Waals surface area contributed by atoms with E-state index >= 15 is 0 Å². The predicted molar refractivity (Wildman–Crippen MR) is 119 cm³/mol. The highest BCUT2D eigenvalue weighted by Crippen LogP contribution is 2.44. The van der Waals surface area contributed by atoms with Crippen LogP contribution in [0.15, 0.2) is 48.5 Å². The van der Waals surface area contributed by atoms with Gasteiger partial charge in [0.15, 0.2) is 12.4 Å². The van der Waals surface area contributed by atoms with Gasteiger partial charge in [-0.2, -0.15) is 13.9 Å². The normalized spacial score (nSPS) is 15.4. The largest absolute Gasteiger partial charge is 0.486 e. The number of benzene rings is 1. The molecule has 1 aliphatic rings. The van der Waals surface area contributed by atoms with Gasteiger partial charge in [-0.15, -0.1) is 0 Å². The summed E-state index contributed by atoms with van der Waals surface area (Å²) in [6.45, 7) is 0.993. The van der Waals surface area contributed by atoms with Crippen molar-refractivity contribution in [2.45, 2.75) is 38.3 Å². The maximum Gasteiger partial charge on any atom is 0.325 e. The highest BCUT2D eigenvalue weighted by Gasteiger charge is 2.43. The van der Waals surface area contributed by atoms with Gasteiger partial charge in [0.05, 0.1) is 34.6 Å². The Kier molecular flexibility index (Phi) is 5.30. The van der Waals surface area contributed by atoms with Gasteiger partial charge >= 0.3 is 5.92 Å². The second-order valence-electron chi connectivity index (χ2n) is 8.11. The van der Waals surface area contributed by atoms with E-state index in [2.05, 4.69) is 17.0 Å². The second-order valence-corrected chi connectivity index (χ2v) is 8.11. The zero-order valence-corrected chi connectivity index (χ0v) is 18.0. The van der Waals surface area contributed by atoms with Gasteiger partial charge in [-0.3, -0.25) is 4.98 Å². The summed E-state index contributed by atoms with van der Waals surface area (Å²) < 4.78 is 36.2. The van der Waals surface area contributed by atoms with Gasteiger partial charge in [0.1, 0.15) is 11.4 Å². The number of hydrogen-bond donors (Lipinski definition) is 2. The molecule has 4 heterocycles. The SMILES string of the molecule is CCC[C@H](N)c1cccc(-c2cc3c4c(nn(-c5cccc(CO)n5)c4c2)C(F)(F)CO3)n1. The average Bonchev–Trinajstić information content (AvgIpc) is 3.23. The van der Waals surface area contributed by atoms with E-state index in [-0.39, 0.29) is 23.7 Å². The van der Waals surface area contributed by atoms with Crippen molar-refractivity contribution in [1.29, 1.82) is 0 Å². The minimum Gasteiger partial charge on any atom is -0.486 e. The van der Waals surface area contributed by atoms with Crippen molar-refractivity contribution in [2.75, 3.05) is 6.61 Å². The topological polar surface area (TPSA) is 99.1 Å². The van der Waals surface area contributed by atoms with E-state index in [0.717, 1.165) is 18.5 Å². The third-order valence-corrected chi connectivity index (χ3v) is 5.72. The van der Waals surface area contributed by atoms with Crippen molar-refractivity contribution >= 4 is 10.9 Å². The van der Waals surface area contributed by atoms with Crippen LogP contribution in [0, 0.1) is 0 Å². The number of rotatable bonds is 6. The standard InChI is InChI=1S/C24H23F2N5O2/c1-2-5-16(27)18-8-4-7-17(29-18)14-10-19-22-20(11-14)33-13-24(25,26)23(22)30-31(19)21-9-3-6-15(12-32)28-21/h3-4,6-11,16,32H,2,5,12-13,27H2,1H3/t16-/m0/s1. The molecular formula is C24H23F2N5O2. The fourth-order valence-electron chi connectivity index (χ4n) is 4.09. The summed E-state index contributed by atoms with van der Waals surface area (Å²) in [7, 11) is 0. The Morgan fingerprint density at radius 2 is 2.00 bits per heavy atom. The van der Waals surface area contributed by atoms with Crippen molar-refractivity contribution in [2.24, 2.45) is 5.73 Å². The lowest BCUT2D eigenvalue weighted by molar-refractivity contribution is -0.0541. The molecule has 1 aromatic carbocycles. The predicted octanol–water partition coefficient (Wildman–Crippen LogP) is 4.26. The number of ether oxygens (including phenoxy) is 1. The smallest absolute Gasteiger partial charge is 0.325 e. The monoisotopic (exact) mass is 451 g/mol. The Balaban J connectivity index is 1.72. The maximum absolute atomic E-state index is 14.7. The molecular weight excluding hydrogens is 428 g/mol. The molecule has 0 spiro atoms. The van der Waals surface area contributed by atoms with Crippen molar-refractivity contribution in [3.63, 3.8) is 0 Å². The van der Waals surface area contributed by atoms with Gasteiger partial charge in [-0.25, -0.2) is 9.67 Å². The summed E-state index contributed by atoms with van der Waals surface area (Å²) in [5.41, 5.74) is 8.85. The molecule has 0 saturated carbocycles. The molecule has 0 bridgehead atoms. The van der Waals surface area contributed by atoms with Crippen LogP contribution in [0.2, 0.25) is 0 Å². The fraction of sp³-hybridized carbons (Fsp3) is 0.292. The summed E-state index contributed by atoms with van der Waals surface area (Å²) in [4.78, 5) is 9.07. The number of aliphatic hydroxyl groups excluding tert-OH is 1. The first-order valence-electron chi connectivity index (χ1n) is 10.8. The number of halogens is 2. The van der Waals surface area contributed by atoms with Crippen molar-refractivity contribution in [3.8, 4) is 22.8 Å². The summed E-state index contributed by atoms with van der Waals surface area (Å²) in [5.74, 6) is -2.60.